The molecule has 9 heteroatoms. The standard InChI is InChI=1S/C29H30F3NO5/c30-29(31,32)28(36)24-13-10-22(35)18-25(24)38-27(26(28)19-4-8-21(34)9-5-19)20-6-11-23(12-7-20)37-17-16-33-14-2-1-3-15-33/h4-13,18,26-27,34-36H,1-3,14-17H2. The molecule has 3 aromatic carbocycles. The van der Waals surface area contributed by atoms with Gasteiger partial charge >= 0.3 is 6.18 Å². The maximum absolute atomic E-state index is 14.7. The number of ether oxygens (including phenoxy) is 2. The minimum atomic E-state index is -5.08. The molecule has 3 N–H and O–H groups in total. The van der Waals surface area contributed by atoms with Gasteiger partial charge in [0.05, 0.1) is 5.92 Å². The Morgan fingerprint density at radius 1 is 0.868 bits per heavy atom. The second-order valence-electron chi connectivity index (χ2n) is 9.87. The highest BCUT2D eigenvalue weighted by Crippen LogP contribution is 2.60. The third kappa shape index (κ3) is 5.00. The van der Waals surface area contributed by atoms with Crippen molar-refractivity contribution >= 4 is 0 Å². The monoisotopic (exact) mass is 529 g/mol. The molecule has 2 aliphatic rings. The molecule has 1 saturated heterocycles. The van der Waals surface area contributed by atoms with Crippen LogP contribution in [0.25, 0.3) is 0 Å². The van der Waals surface area contributed by atoms with Crippen LogP contribution in [0.4, 0.5) is 13.2 Å². The molecule has 5 rings (SSSR count). The lowest BCUT2D eigenvalue weighted by Gasteiger charge is -2.46. The molecule has 1 fully saturated rings. The van der Waals surface area contributed by atoms with Crippen molar-refractivity contribution in [2.45, 2.75) is 43.1 Å². The van der Waals surface area contributed by atoms with Gasteiger partial charge in [0.2, 0.25) is 0 Å². The summed E-state index contributed by atoms with van der Waals surface area (Å²) >= 11 is 0. The van der Waals surface area contributed by atoms with Crippen molar-refractivity contribution < 1.29 is 38.0 Å². The zero-order valence-electron chi connectivity index (χ0n) is 20.7. The molecule has 2 heterocycles. The number of fused-ring (bicyclic) bond motifs is 1. The van der Waals surface area contributed by atoms with E-state index >= 15 is 0 Å². The molecule has 202 valence electrons. The summed E-state index contributed by atoms with van der Waals surface area (Å²) in [6.45, 7) is 3.41. The van der Waals surface area contributed by atoms with Crippen LogP contribution in [-0.4, -0.2) is 52.6 Å². The second-order valence-corrected chi connectivity index (χ2v) is 9.87. The highest BCUT2D eigenvalue weighted by molar-refractivity contribution is 5.51. The van der Waals surface area contributed by atoms with E-state index < -0.39 is 29.4 Å². The Hall–Kier alpha value is -3.43. The van der Waals surface area contributed by atoms with Crippen LogP contribution in [0.3, 0.4) is 0 Å². The predicted octanol–water partition coefficient (Wildman–Crippen LogP) is 5.63. The van der Waals surface area contributed by atoms with Crippen molar-refractivity contribution in [1.82, 2.24) is 4.90 Å². The number of hydrogen-bond acceptors (Lipinski definition) is 6. The quantitative estimate of drug-likeness (QED) is 0.384. The topological polar surface area (TPSA) is 82.4 Å². The maximum Gasteiger partial charge on any atom is 0.422 e. The first kappa shape index (κ1) is 26.2. The fraction of sp³-hybridized carbons (Fsp3) is 0.379. The maximum atomic E-state index is 14.7. The Morgan fingerprint density at radius 2 is 1.50 bits per heavy atom. The lowest BCUT2D eigenvalue weighted by atomic mass is 9.70. The molecule has 0 radical (unpaired) electrons. The molecule has 2 aliphatic heterocycles. The van der Waals surface area contributed by atoms with Crippen LogP contribution >= 0.6 is 0 Å². The molecule has 0 spiro atoms. The number of likely N-dealkylation sites (tertiary alicyclic amines) is 1. The van der Waals surface area contributed by atoms with Gasteiger partial charge in [0.25, 0.3) is 0 Å². The summed E-state index contributed by atoms with van der Waals surface area (Å²) in [5.41, 5.74) is -3.30. The summed E-state index contributed by atoms with van der Waals surface area (Å²) in [6.07, 6.45) is -2.73. The van der Waals surface area contributed by atoms with E-state index in [9.17, 15) is 28.5 Å². The number of aliphatic hydroxyl groups is 1. The number of aromatic hydroxyl groups is 2. The lowest BCUT2D eigenvalue weighted by molar-refractivity contribution is -0.288. The smallest absolute Gasteiger partial charge is 0.422 e. The number of hydrogen-bond donors (Lipinski definition) is 3. The predicted molar refractivity (Wildman–Crippen MR) is 135 cm³/mol. The Kier molecular flexibility index (Phi) is 7.15. The molecule has 0 aromatic heterocycles. The van der Waals surface area contributed by atoms with E-state index in [0.717, 1.165) is 37.8 Å². The van der Waals surface area contributed by atoms with Gasteiger partial charge in [-0.25, -0.2) is 0 Å². The van der Waals surface area contributed by atoms with Gasteiger partial charge in [-0.05, 0) is 73.5 Å². The number of phenolic OH excluding ortho intramolecular Hbond substituents is 2. The first-order valence-electron chi connectivity index (χ1n) is 12.7. The average Bonchev–Trinajstić information content (AvgIpc) is 2.89. The summed E-state index contributed by atoms with van der Waals surface area (Å²) < 4.78 is 56.1. The fourth-order valence-corrected chi connectivity index (χ4v) is 5.43. The van der Waals surface area contributed by atoms with Crippen LogP contribution in [0.2, 0.25) is 0 Å². The fourth-order valence-electron chi connectivity index (χ4n) is 5.43. The van der Waals surface area contributed by atoms with Crippen LogP contribution in [0, 0.1) is 0 Å². The normalized spacial score (nSPS) is 23.9. The Morgan fingerprint density at radius 3 is 2.16 bits per heavy atom. The van der Waals surface area contributed by atoms with Crippen LogP contribution < -0.4 is 9.47 Å². The Labute approximate surface area is 218 Å². The molecular weight excluding hydrogens is 499 g/mol. The third-order valence-corrected chi connectivity index (χ3v) is 7.40. The number of nitrogens with zero attached hydrogens (tertiary/aromatic N) is 1. The number of benzene rings is 3. The number of phenols is 2. The molecule has 0 aliphatic carbocycles. The molecule has 3 atom stereocenters. The summed E-state index contributed by atoms with van der Waals surface area (Å²) in [5.74, 6) is -1.69. The zero-order chi connectivity index (χ0) is 26.9. The van der Waals surface area contributed by atoms with Crippen LogP contribution in [0.15, 0.2) is 66.7 Å². The van der Waals surface area contributed by atoms with Gasteiger partial charge in [-0.3, -0.25) is 4.90 Å². The highest BCUT2D eigenvalue weighted by Gasteiger charge is 2.65. The SMILES string of the molecule is Oc1ccc(C2C(c3ccc(OCCN4CCCCC4)cc3)Oc3cc(O)ccc3C2(O)C(F)(F)F)cc1. The van der Waals surface area contributed by atoms with E-state index in [1.165, 1.54) is 43.5 Å². The first-order valence-corrected chi connectivity index (χ1v) is 12.7. The van der Waals surface area contributed by atoms with Gasteiger partial charge in [-0.1, -0.05) is 30.7 Å². The van der Waals surface area contributed by atoms with E-state index in [1.807, 2.05) is 0 Å². The van der Waals surface area contributed by atoms with E-state index in [0.29, 0.717) is 17.9 Å². The van der Waals surface area contributed by atoms with E-state index in [-0.39, 0.29) is 22.8 Å². The van der Waals surface area contributed by atoms with E-state index in [2.05, 4.69) is 4.90 Å². The Balaban J connectivity index is 1.48. The van der Waals surface area contributed by atoms with Gasteiger partial charge in [0, 0.05) is 18.2 Å². The Bertz CT molecular complexity index is 1240. The van der Waals surface area contributed by atoms with Crippen molar-refractivity contribution in [3.63, 3.8) is 0 Å². The lowest BCUT2D eigenvalue weighted by Crippen LogP contribution is -2.52. The third-order valence-electron chi connectivity index (χ3n) is 7.40. The van der Waals surface area contributed by atoms with Crippen molar-refractivity contribution in [2.75, 3.05) is 26.2 Å². The highest BCUT2D eigenvalue weighted by atomic mass is 19.4. The summed E-state index contributed by atoms with van der Waals surface area (Å²) in [7, 11) is 0. The molecule has 38 heavy (non-hydrogen) atoms. The zero-order valence-corrected chi connectivity index (χ0v) is 20.7. The second kappa shape index (κ2) is 10.4. The van der Waals surface area contributed by atoms with Gasteiger partial charge in [0.1, 0.15) is 35.7 Å². The van der Waals surface area contributed by atoms with Gasteiger partial charge in [-0.2, -0.15) is 13.2 Å². The minimum Gasteiger partial charge on any atom is -0.508 e. The summed E-state index contributed by atoms with van der Waals surface area (Å²) in [5, 5.41) is 31.2. The first-order chi connectivity index (χ1) is 18.2. The van der Waals surface area contributed by atoms with Crippen LogP contribution in [-0.2, 0) is 5.60 Å². The number of rotatable bonds is 6. The minimum absolute atomic E-state index is 0.117. The van der Waals surface area contributed by atoms with Crippen LogP contribution in [0.5, 0.6) is 23.0 Å². The number of piperidine rings is 1. The van der Waals surface area contributed by atoms with Gasteiger partial charge in [0.15, 0.2) is 5.60 Å². The van der Waals surface area contributed by atoms with Crippen molar-refractivity contribution in [2.24, 2.45) is 0 Å². The van der Waals surface area contributed by atoms with Crippen molar-refractivity contribution in [3.8, 4) is 23.0 Å². The molecule has 3 unspecified atom stereocenters. The summed E-state index contributed by atoms with van der Waals surface area (Å²) in [4.78, 5) is 2.35. The molecule has 3 aromatic rings. The molecule has 0 bridgehead atoms. The largest absolute Gasteiger partial charge is 0.508 e. The molecule has 6 nitrogen and oxygen atoms in total. The molecular formula is C29H30F3NO5. The number of halogens is 3. The average molecular weight is 530 g/mol. The number of alkyl halides is 3. The van der Waals surface area contributed by atoms with Crippen molar-refractivity contribution in [1.29, 1.82) is 0 Å². The molecule has 0 saturated carbocycles. The van der Waals surface area contributed by atoms with Gasteiger partial charge in [-0.15, -0.1) is 0 Å². The van der Waals surface area contributed by atoms with Gasteiger partial charge < -0.3 is 24.8 Å². The van der Waals surface area contributed by atoms with Crippen molar-refractivity contribution in [3.05, 3.63) is 83.4 Å². The molecule has 0 amide bonds. The summed E-state index contributed by atoms with van der Waals surface area (Å²) in [6, 6.07) is 15.0. The van der Waals surface area contributed by atoms with Crippen LogP contribution in [0.1, 0.15) is 48.0 Å². The van der Waals surface area contributed by atoms with E-state index in [4.69, 9.17) is 9.47 Å². The van der Waals surface area contributed by atoms with E-state index in [1.54, 1.807) is 24.3 Å².